The van der Waals surface area contributed by atoms with E-state index in [-0.39, 0.29) is 11.7 Å². The summed E-state index contributed by atoms with van der Waals surface area (Å²) in [7, 11) is -3.61. The summed E-state index contributed by atoms with van der Waals surface area (Å²) in [5.74, 6) is -2.05. The molecule has 1 aromatic rings. The summed E-state index contributed by atoms with van der Waals surface area (Å²) < 4.78 is 27.2. The summed E-state index contributed by atoms with van der Waals surface area (Å²) in [5, 5.41) is 16.6. The molecule has 2 rings (SSSR count). The monoisotopic (exact) mass is 342 g/mol. The SMILES string of the molecule is C[C@@H]1C[C@H](C(=O)Nc2ccc(CS(N)(=O)=O)cc2)O[C@H]1C(=O)O. The average Bonchev–Trinajstić information content (AvgIpc) is 2.82. The molecule has 23 heavy (non-hydrogen) atoms. The highest BCUT2D eigenvalue weighted by Gasteiger charge is 2.40. The number of hydrogen-bond donors (Lipinski definition) is 3. The number of nitrogens with two attached hydrogens (primary N) is 1. The van der Waals surface area contributed by atoms with E-state index < -0.39 is 34.1 Å². The van der Waals surface area contributed by atoms with Crippen molar-refractivity contribution < 1.29 is 27.9 Å². The van der Waals surface area contributed by atoms with Gasteiger partial charge in [-0.15, -0.1) is 0 Å². The van der Waals surface area contributed by atoms with Crippen molar-refractivity contribution in [3.8, 4) is 0 Å². The van der Waals surface area contributed by atoms with Crippen LogP contribution in [0.15, 0.2) is 24.3 Å². The minimum absolute atomic E-state index is 0.250. The second kappa shape index (κ2) is 6.65. The zero-order chi connectivity index (χ0) is 17.2. The maximum atomic E-state index is 12.1. The van der Waals surface area contributed by atoms with Crippen LogP contribution >= 0.6 is 0 Å². The molecule has 0 saturated carbocycles. The molecule has 9 heteroatoms. The second-order valence-corrected chi connectivity index (χ2v) is 7.20. The molecule has 0 spiro atoms. The van der Waals surface area contributed by atoms with Crippen LogP contribution in [0.25, 0.3) is 0 Å². The van der Waals surface area contributed by atoms with Gasteiger partial charge in [-0.3, -0.25) is 4.79 Å². The van der Waals surface area contributed by atoms with E-state index in [1.54, 1.807) is 19.1 Å². The first-order chi connectivity index (χ1) is 10.7. The van der Waals surface area contributed by atoms with Crippen LogP contribution in [0.1, 0.15) is 18.9 Å². The predicted octanol–water partition coefficient (Wildman–Crippen LogP) is 0.292. The number of nitrogens with one attached hydrogen (secondary N) is 1. The maximum Gasteiger partial charge on any atom is 0.333 e. The Labute approximate surface area is 133 Å². The summed E-state index contributed by atoms with van der Waals surface area (Å²) in [5.41, 5.74) is 0.963. The lowest BCUT2D eigenvalue weighted by atomic mass is 10.0. The van der Waals surface area contributed by atoms with E-state index >= 15 is 0 Å². The molecule has 1 aliphatic rings. The van der Waals surface area contributed by atoms with Crippen LogP contribution in [-0.4, -0.2) is 37.6 Å². The van der Waals surface area contributed by atoms with Crippen LogP contribution in [0.3, 0.4) is 0 Å². The number of primary sulfonamides is 1. The summed E-state index contributed by atoms with van der Waals surface area (Å²) >= 11 is 0. The van der Waals surface area contributed by atoms with Gasteiger partial charge in [0.1, 0.15) is 6.10 Å². The normalized spacial score (nSPS) is 24.3. The van der Waals surface area contributed by atoms with Gasteiger partial charge in [0.2, 0.25) is 10.0 Å². The van der Waals surface area contributed by atoms with Crippen molar-refractivity contribution in [3.63, 3.8) is 0 Å². The number of sulfonamides is 1. The first-order valence-corrected chi connectivity index (χ1v) is 8.66. The van der Waals surface area contributed by atoms with Gasteiger partial charge in [0, 0.05) is 5.69 Å². The van der Waals surface area contributed by atoms with Gasteiger partial charge in [0.05, 0.1) is 5.75 Å². The number of carboxylic acid groups (broad SMARTS) is 1. The summed E-state index contributed by atoms with van der Waals surface area (Å²) in [6, 6.07) is 6.17. The van der Waals surface area contributed by atoms with Crippen molar-refractivity contribution in [1.82, 2.24) is 0 Å². The van der Waals surface area contributed by atoms with Crippen molar-refractivity contribution in [1.29, 1.82) is 0 Å². The zero-order valence-electron chi connectivity index (χ0n) is 12.4. The molecule has 4 N–H and O–H groups in total. The Bertz CT molecular complexity index is 700. The molecule has 0 bridgehead atoms. The Morgan fingerprint density at radius 1 is 1.35 bits per heavy atom. The molecule has 8 nitrogen and oxygen atoms in total. The Balaban J connectivity index is 1.97. The number of anilines is 1. The molecule has 3 atom stereocenters. The van der Waals surface area contributed by atoms with E-state index in [4.69, 9.17) is 15.0 Å². The van der Waals surface area contributed by atoms with Crippen molar-refractivity contribution in [2.24, 2.45) is 11.1 Å². The summed E-state index contributed by atoms with van der Waals surface area (Å²) in [6.45, 7) is 1.72. The van der Waals surface area contributed by atoms with Crippen molar-refractivity contribution >= 4 is 27.6 Å². The van der Waals surface area contributed by atoms with Gasteiger partial charge >= 0.3 is 5.97 Å². The highest BCUT2D eigenvalue weighted by molar-refractivity contribution is 7.88. The molecular formula is C14H18N2O6S. The first kappa shape index (κ1) is 17.4. The Hall–Kier alpha value is -1.97. The second-order valence-electron chi connectivity index (χ2n) is 5.59. The molecule has 0 aliphatic carbocycles. The van der Waals surface area contributed by atoms with E-state index in [0.29, 0.717) is 17.7 Å². The molecule has 1 heterocycles. The quantitative estimate of drug-likeness (QED) is 0.704. The van der Waals surface area contributed by atoms with Crippen LogP contribution in [0.5, 0.6) is 0 Å². The minimum Gasteiger partial charge on any atom is -0.479 e. The molecule has 1 aromatic carbocycles. The number of aliphatic carboxylic acids is 1. The third kappa shape index (κ3) is 4.75. The van der Waals surface area contributed by atoms with Crippen LogP contribution in [0.4, 0.5) is 5.69 Å². The maximum absolute atomic E-state index is 12.1. The fourth-order valence-electron chi connectivity index (χ4n) is 2.44. The fraction of sp³-hybridized carbons (Fsp3) is 0.429. The van der Waals surface area contributed by atoms with Crippen LogP contribution in [-0.2, 0) is 30.1 Å². The standard InChI is InChI=1S/C14H18N2O6S/c1-8-6-11(22-12(8)14(18)19)13(17)16-10-4-2-9(3-5-10)7-23(15,20)21/h2-5,8,11-12H,6-7H2,1H3,(H,16,17)(H,18,19)(H2,15,20,21)/t8-,11-,12-/m1/s1. The number of ether oxygens (including phenoxy) is 1. The Morgan fingerprint density at radius 3 is 2.43 bits per heavy atom. The van der Waals surface area contributed by atoms with Crippen molar-refractivity contribution in [2.45, 2.75) is 31.3 Å². The molecular weight excluding hydrogens is 324 g/mol. The molecule has 0 aromatic heterocycles. The third-order valence-corrected chi connectivity index (χ3v) is 4.27. The highest BCUT2D eigenvalue weighted by atomic mass is 32.2. The Kier molecular flexibility index (Phi) is 5.03. The van der Waals surface area contributed by atoms with E-state index in [1.165, 1.54) is 12.1 Å². The fourth-order valence-corrected chi connectivity index (χ4v) is 3.09. The highest BCUT2D eigenvalue weighted by Crippen LogP contribution is 2.27. The van der Waals surface area contributed by atoms with E-state index in [1.807, 2.05) is 0 Å². The number of rotatable bonds is 5. The molecule has 1 fully saturated rings. The summed E-state index contributed by atoms with van der Waals surface area (Å²) in [6.07, 6.45) is -1.48. The lowest BCUT2D eigenvalue weighted by Crippen LogP contribution is -2.30. The number of benzene rings is 1. The Morgan fingerprint density at radius 2 is 1.96 bits per heavy atom. The predicted molar refractivity (Wildman–Crippen MR) is 82.0 cm³/mol. The van der Waals surface area contributed by atoms with Gasteiger partial charge in [-0.25, -0.2) is 18.4 Å². The largest absolute Gasteiger partial charge is 0.479 e. The topological polar surface area (TPSA) is 136 Å². The van der Waals surface area contributed by atoms with Gasteiger partial charge in [-0.1, -0.05) is 19.1 Å². The summed E-state index contributed by atoms with van der Waals surface area (Å²) in [4.78, 5) is 23.1. The first-order valence-electron chi connectivity index (χ1n) is 6.94. The van der Waals surface area contributed by atoms with Crippen LogP contribution in [0, 0.1) is 5.92 Å². The van der Waals surface area contributed by atoms with E-state index in [9.17, 15) is 18.0 Å². The smallest absolute Gasteiger partial charge is 0.333 e. The van der Waals surface area contributed by atoms with Gasteiger partial charge in [0.25, 0.3) is 5.91 Å². The van der Waals surface area contributed by atoms with Gasteiger partial charge in [-0.05, 0) is 30.0 Å². The lowest BCUT2D eigenvalue weighted by molar-refractivity contribution is -0.152. The number of amides is 1. The van der Waals surface area contributed by atoms with Gasteiger partial charge < -0.3 is 15.2 Å². The minimum atomic E-state index is -3.61. The number of carbonyl (C=O) groups excluding carboxylic acids is 1. The number of hydrogen-bond acceptors (Lipinski definition) is 5. The molecule has 1 aliphatic heterocycles. The van der Waals surface area contributed by atoms with Gasteiger partial charge in [-0.2, -0.15) is 0 Å². The zero-order valence-corrected chi connectivity index (χ0v) is 13.2. The van der Waals surface area contributed by atoms with Crippen LogP contribution in [0.2, 0.25) is 0 Å². The molecule has 0 unspecified atom stereocenters. The molecule has 126 valence electrons. The number of carbonyl (C=O) groups is 2. The number of carboxylic acids is 1. The molecule has 1 saturated heterocycles. The molecule has 0 radical (unpaired) electrons. The average molecular weight is 342 g/mol. The van der Waals surface area contributed by atoms with E-state index in [0.717, 1.165) is 0 Å². The van der Waals surface area contributed by atoms with Crippen LogP contribution < -0.4 is 10.5 Å². The van der Waals surface area contributed by atoms with Gasteiger partial charge in [0.15, 0.2) is 6.10 Å². The van der Waals surface area contributed by atoms with Crippen molar-refractivity contribution in [2.75, 3.05) is 5.32 Å². The third-order valence-electron chi connectivity index (χ3n) is 3.54. The van der Waals surface area contributed by atoms with Crippen molar-refractivity contribution in [3.05, 3.63) is 29.8 Å². The van der Waals surface area contributed by atoms with E-state index in [2.05, 4.69) is 5.32 Å². The lowest BCUT2D eigenvalue weighted by Gasteiger charge is -2.12. The molecule has 1 amide bonds.